The molecule has 0 aliphatic rings. The molecular formula is C8H15LiO. The van der Waals surface area contributed by atoms with E-state index in [9.17, 15) is 0 Å². The van der Waals surface area contributed by atoms with E-state index in [0.29, 0.717) is 0 Å². The van der Waals surface area contributed by atoms with Crippen LogP contribution >= 0.6 is 0 Å². The molecule has 0 aromatic rings. The standard InChI is InChI=1S/C8H14O.Li.H/c1-5-7(3)9-8(4)6-2;;/h5-8H,1-2H2,3-4H3;;. The van der Waals surface area contributed by atoms with Gasteiger partial charge in [-0.15, -0.1) is 13.2 Å². The van der Waals surface area contributed by atoms with Crippen LogP contribution < -0.4 is 0 Å². The van der Waals surface area contributed by atoms with Gasteiger partial charge in [0.15, 0.2) is 0 Å². The van der Waals surface area contributed by atoms with Crippen LogP contribution in [0.1, 0.15) is 13.8 Å². The summed E-state index contributed by atoms with van der Waals surface area (Å²) >= 11 is 0. The molecule has 54 valence electrons. The van der Waals surface area contributed by atoms with E-state index in [4.69, 9.17) is 4.74 Å². The Morgan fingerprint density at radius 3 is 1.60 bits per heavy atom. The van der Waals surface area contributed by atoms with Gasteiger partial charge in [0.25, 0.3) is 0 Å². The average molecular weight is 134 g/mol. The third-order valence-corrected chi connectivity index (χ3v) is 1.09. The van der Waals surface area contributed by atoms with Gasteiger partial charge in [-0.1, -0.05) is 12.2 Å². The first kappa shape index (κ1) is 12.7. The van der Waals surface area contributed by atoms with Crippen LogP contribution in [0.25, 0.3) is 0 Å². The van der Waals surface area contributed by atoms with Gasteiger partial charge in [-0.2, -0.15) is 0 Å². The molecule has 0 amide bonds. The Morgan fingerprint density at radius 2 is 1.40 bits per heavy atom. The Hall–Kier alpha value is 0.0374. The van der Waals surface area contributed by atoms with Crippen molar-refractivity contribution in [2.45, 2.75) is 26.1 Å². The normalized spacial score (nSPS) is 14.6. The molecule has 0 aliphatic heterocycles. The van der Waals surface area contributed by atoms with E-state index in [2.05, 4.69) is 13.2 Å². The molecule has 0 spiro atoms. The molecular weight excluding hydrogens is 119 g/mol. The summed E-state index contributed by atoms with van der Waals surface area (Å²) in [6, 6.07) is 0. The van der Waals surface area contributed by atoms with E-state index >= 15 is 0 Å². The summed E-state index contributed by atoms with van der Waals surface area (Å²) in [4.78, 5) is 0. The zero-order valence-electron chi connectivity index (χ0n) is 6.13. The maximum atomic E-state index is 5.31. The van der Waals surface area contributed by atoms with Gasteiger partial charge in [0.05, 0.1) is 12.2 Å². The van der Waals surface area contributed by atoms with E-state index < -0.39 is 0 Å². The second-order valence-electron chi connectivity index (χ2n) is 2.02. The summed E-state index contributed by atoms with van der Waals surface area (Å²) in [5.74, 6) is 0. The van der Waals surface area contributed by atoms with Gasteiger partial charge in [0.2, 0.25) is 0 Å². The van der Waals surface area contributed by atoms with Crippen LogP contribution in [0.3, 0.4) is 0 Å². The molecule has 0 saturated heterocycles. The van der Waals surface area contributed by atoms with Gasteiger partial charge in [0.1, 0.15) is 0 Å². The van der Waals surface area contributed by atoms with Crippen LogP contribution in [-0.4, -0.2) is 31.1 Å². The van der Waals surface area contributed by atoms with Crippen molar-refractivity contribution in [3.63, 3.8) is 0 Å². The summed E-state index contributed by atoms with van der Waals surface area (Å²) in [6.07, 6.45) is 3.77. The van der Waals surface area contributed by atoms with Crippen molar-refractivity contribution in [1.82, 2.24) is 0 Å². The molecule has 2 unspecified atom stereocenters. The van der Waals surface area contributed by atoms with Gasteiger partial charge in [-0.3, -0.25) is 0 Å². The van der Waals surface area contributed by atoms with E-state index in [1.807, 2.05) is 13.8 Å². The van der Waals surface area contributed by atoms with Gasteiger partial charge in [0, 0.05) is 0 Å². The number of hydrogen-bond acceptors (Lipinski definition) is 1. The first-order chi connectivity index (χ1) is 4.20. The zero-order chi connectivity index (χ0) is 7.28. The Bertz CT molecular complexity index is 89.4. The van der Waals surface area contributed by atoms with Crippen molar-refractivity contribution in [2.24, 2.45) is 0 Å². The fourth-order valence-electron chi connectivity index (χ4n) is 0.450. The minimum atomic E-state index is 0. The van der Waals surface area contributed by atoms with Gasteiger partial charge < -0.3 is 4.74 Å². The van der Waals surface area contributed by atoms with Crippen molar-refractivity contribution >= 4 is 18.9 Å². The Labute approximate surface area is 75.3 Å². The molecule has 0 heterocycles. The third kappa shape index (κ3) is 6.16. The summed E-state index contributed by atoms with van der Waals surface area (Å²) in [5.41, 5.74) is 0. The molecule has 0 aliphatic carbocycles. The molecule has 0 aromatic heterocycles. The monoisotopic (exact) mass is 134 g/mol. The fourth-order valence-corrected chi connectivity index (χ4v) is 0.450. The van der Waals surface area contributed by atoms with Crippen LogP contribution in [0.5, 0.6) is 0 Å². The second kappa shape index (κ2) is 7.15. The van der Waals surface area contributed by atoms with Crippen molar-refractivity contribution < 1.29 is 4.74 Å². The first-order valence-corrected chi connectivity index (χ1v) is 3.11. The van der Waals surface area contributed by atoms with Gasteiger partial charge in [-0.25, -0.2) is 0 Å². The molecule has 0 bridgehead atoms. The molecule has 2 atom stereocenters. The van der Waals surface area contributed by atoms with E-state index in [1.165, 1.54) is 0 Å². The van der Waals surface area contributed by atoms with Crippen molar-refractivity contribution in [1.29, 1.82) is 0 Å². The predicted molar refractivity (Wildman–Crippen MR) is 47.6 cm³/mol. The average Bonchev–Trinajstić information content (AvgIpc) is 1.87. The molecule has 0 fully saturated rings. The number of hydrogen-bond donors (Lipinski definition) is 0. The van der Waals surface area contributed by atoms with Crippen LogP contribution in [-0.2, 0) is 4.74 Å². The van der Waals surface area contributed by atoms with Crippen molar-refractivity contribution in [3.8, 4) is 0 Å². The zero-order valence-corrected chi connectivity index (χ0v) is 6.13. The third-order valence-electron chi connectivity index (χ3n) is 1.09. The number of rotatable bonds is 4. The quantitative estimate of drug-likeness (QED) is 0.418. The van der Waals surface area contributed by atoms with E-state index in [-0.39, 0.29) is 31.1 Å². The molecule has 0 radical (unpaired) electrons. The van der Waals surface area contributed by atoms with Crippen LogP contribution in [0.4, 0.5) is 0 Å². The summed E-state index contributed by atoms with van der Waals surface area (Å²) in [7, 11) is 0. The molecule has 0 rings (SSSR count). The van der Waals surface area contributed by atoms with E-state index in [0.717, 1.165) is 0 Å². The molecule has 2 heteroatoms. The predicted octanol–water partition coefficient (Wildman–Crippen LogP) is 1.50. The Morgan fingerprint density at radius 1 is 1.10 bits per heavy atom. The Balaban J connectivity index is 0. The van der Waals surface area contributed by atoms with Gasteiger partial charge in [-0.05, 0) is 13.8 Å². The molecule has 0 aromatic carbocycles. The maximum absolute atomic E-state index is 5.31. The van der Waals surface area contributed by atoms with Crippen LogP contribution in [0.2, 0.25) is 0 Å². The van der Waals surface area contributed by atoms with Crippen LogP contribution in [0, 0.1) is 0 Å². The number of ether oxygens (including phenoxy) is 1. The summed E-state index contributed by atoms with van der Waals surface area (Å²) < 4.78 is 5.31. The van der Waals surface area contributed by atoms with Crippen LogP contribution in [0.15, 0.2) is 25.3 Å². The van der Waals surface area contributed by atoms with Gasteiger partial charge >= 0.3 is 18.9 Å². The summed E-state index contributed by atoms with van der Waals surface area (Å²) in [5, 5.41) is 0. The van der Waals surface area contributed by atoms with Crippen molar-refractivity contribution in [3.05, 3.63) is 25.3 Å². The minimum absolute atomic E-state index is 0. The SMILES string of the molecule is C=CC(C)OC(C)C=C.[LiH]. The van der Waals surface area contributed by atoms with Crippen molar-refractivity contribution in [2.75, 3.05) is 0 Å². The molecule has 0 N–H and O–H groups in total. The molecule has 0 saturated carbocycles. The topological polar surface area (TPSA) is 9.23 Å². The fraction of sp³-hybridized carbons (Fsp3) is 0.500. The molecule has 10 heavy (non-hydrogen) atoms. The molecule has 1 nitrogen and oxygen atoms in total. The second-order valence-corrected chi connectivity index (χ2v) is 2.02. The van der Waals surface area contributed by atoms with E-state index in [1.54, 1.807) is 12.2 Å². The first-order valence-electron chi connectivity index (χ1n) is 3.11. The Kier molecular flexibility index (Phi) is 9.07. The summed E-state index contributed by atoms with van der Waals surface area (Å²) in [6.45, 7) is 11.1.